The van der Waals surface area contributed by atoms with Crippen LogP contribution in [0.2, 0.25) is 0 Å². The fourth-order valence-electron chi connectivity index (χ4n) is 6.24. The van der Waals surface area contributed by atoms with Gasteiger partial charge in [-0.15, -0.1) is 0 Å². The molecule has 350 valence electrons. The van der Waals surface area contributed by atoms with Crippen LogP contribution in [0.15, 0.2) is 72.9 Å². The molecule has 0 bridgehead atoms. The maximum absolute atomic E-state index is 12.8. The maximum atomic E-state index is 12.8. The predicted octanol–water partition coefficient (Wildman–Crippen LogP) is 11.8. The lowest BCUT2D eigenvalue weighted by Gasteiger charge is -2.26. The summed E-state index contributed by atoms with van der Waals surface area (Å²) in [6, 6.07) is 0. The summed E-state index contributed by atoms with van der Waals surface area (Å²) in [4.78, 5) is 37.0. The highest BCUT2D eigenvalue weighted by Gasteiger charge is 2.21. The molecule has 0 aliphatic heterocycles. The van der Waals surface area contributed by atoms with E-state index in [4.69, 9.17) is 18.9 Å². The van der Waals surface area contributed by atoms with Gasteiger partial charge in [0.1, 0.15) is 13.2 Å². The van der Waals surface area contributed by atoms with Gasteiger partial charge in [-0.25, -0.2) is 0 Å². The Balaban J connectivity index is 4.49. The van der Waals surface area contributed by atoms with Crippen LogP contribution < -0.4 is 5.11 Å². The number of carboxylic acids is 1. The zero-order chi connectivity index (χ0) is 44.9. The van der Waals surface area contributed by atoms with Crippen LogP contribution in [-0.2, 0) is 33.3 Å². The summed E-state index contributed by atoms with van der Waals surface area (Å²) in [5.41, 5.74) is 0. The molecule has 0 saturated heterocycles. The van der Waals surface area contributed by atoms with Crippen molar-refractivity contribution in [2.75, 3.05) is 47.5 Å². The number of unbranched alkanes of at least 4 members (excludes halogenated alkanes) is 16. The van der Waals surface area contributed by atoms with E-state index >= 15 is 0 Å². The zero-order valence-electron chi connectivity index (χ0n) is 39.5. The number of ether oxygens (including phenoxy) is 4. The summed E-state index contributed by atoms with van der Waals surface area (Å²) in [7, 11) is 5.89. The molecule has 9 nitrogen and oxygen atoms in total. The van der Waals surface area contributed by atoms with Gasteiger partial charge in [0.15, 0.2) is 12.4 Å². The number of aliphatic carboxylic acids is 1. The molecule has 0 heterocycles. The van der Waals surface area contributed by atoms with Gasteiger partial charge in [-0.3, -0.25) is 9.59 Å². The van der Waals surface area contributed by atoms with E-state index < -0.39 is 24.3 Å². The van der Waals surface area contributed by atoms with Crippen LogP contribution in [0.3, 0.4) is 0 Å². The number of carbonyl (C=O) groups is 3. The highest BCUT2D eigenvalue weighted by molar-refractivity contribution is 5.70. The maximum Gasteiger partial charge on any atom is 0.306 e. The molecule has 0 aliphatic carbocycles. The molecule has 0 amide bonds. The van der Waals surface area contributed by atoms with Crippen LogP contribution in [0.25, 0.3) is 0 Å². The fraction of sp³-hybridized carbons (Fsp3) is 0.712. The van der Waals surface area contributed by atoms with Crippen LogP contribution in [-0.4, -0.2) is 82.3 Å². The Bertz CT molecular complexity index is 1230. The van der Waals surface area contributed by atoms with Gasteiger partial charge < -0.3 is 33.3 Å². The van der Waals surface area contributed by atoms with Crippen molar-refractivity contribution in [2.45, 2.75) is 193 Å². The average molecular weight is 856 g/mol. The Labute approximate surface area is 373 Å². The Morgan fingerprint density at radius 2 is 0.934 bits per heavy atom. The van der Waals surface area contributed by atoms with E-state index in [1.807, 2.05) is 21.1 Å². The number of rotatable bonds is 43. The third-order valence-electron chi connectivity index (χ3n) is 9.97. The van der Waals surface area contributed by atoms with E-state index in [0.717, 1.165) is 70.6 Å². The Kier molecular flexibility index (Phi) is 41.1. The molecular formula is C52H89NO8. The lowest BCUT2D eigenvalue weighted by Crippen LogP contribution is -2.44. The standard InChI is InChI=1S/C52H89NO8/c1-6-8-10-12-14-16-18-20-22-23-24-25-26-27-29-31-33-35-37-39-41-43-50(55)61-48(47-60-52(51(56)57)58-45-44-53(3,4)5)46-59-49(54)42-40-38-36-34-32-30-28-21-19-17-15-13-11-9-7-2/h8,10,14,16,20,22,24-25,27,29,33,35,48,52H,6-7,9,11-13,15,17-19,21,23,26,28,30-32,34,36-47H2,1-5H3/b10-8-,16-14-,22-20-,25-24-,29-27-,35-33-. The molecule has 0 N–H and O–H groups in total. The van der Waals surface area contributed by atoms with E-state index in [9.17, 15) is 19.5 Å². The first kappa shape index (κ1) is 57.7. The summed E-state index contributed by atoms with van der Waals surface area (Å²) in [5.74, 6) is -2.35. The number of hydrogen-bond acceptors (Lipinski definition) is 8. The molecule has 0 fully saturated rings. The summed E-state index contributed by atoms with van der Waals surface area (Å²) in [5, 5.41) is 11.7. The van der Waals surface area contributed by atoms with E-state index in [0.29, 0.717) is 17.4 Å². The van der Waals surface area contributed by atoms with Gasteiger partial charge in [-0.05, 0) is 64.2 Å². The molecule has 9 heteroatoms. The van der Waals surface area contributed by atoms with Gasteiger partial charge in [0.25, 0.3) is 0 Å². The van der Waals surface area contributed by atoms with Crippen molar-refractivity contribution in [2.24, 2.45) is 0 Å². The van der Waals surface area contributed by atoms with Crippen molar-refractivity contribution >= 4 is 17.9 Å². The van der Waals surface area contributed by atoms with E-state index in [-0.39, 0.29) is 38.6 Å². The first-order chi connectivity index (χ1) is 29.6. The number of allylic oxidation sites excluding steroid dienone is 12. The van der Waals surface area contributed by atoms with Gasteiger partial charge in [-0.2, -0.15) is 0 Å². The van der Waals surface area contributed by atoms with Gasteiger partial charge in [0.2, 0.25) is 0 Å². The lowest BCUT2D eigenvalue weighted by molar-refractivity contribution is -0.870. The lowest BCUT2D eigenvalue weighted by atomic mass is 10.0. The molecule has 0 aliphatic rings. The van der Waals surface area contributed by atoms with Crippen LogP contribution in [0, 0.1) is 0 Å². The molecule has 0 rings (SSSR count). The highest BCUT2D eigenvalue weighted by atomic mass is 16.7. The number of likely N-dealkylation sites (N-methyl/N-ethyl adjacent to an activating group) is 1. The molecule has 61 heavy (non-hydrogen) atoms. The second-order valence-electron chi connectivity index (χ2n) is 17.0. The molecule has 0 aromatic heterocycles. The topological polar surface area (TPSA) is 111 Å². The number of hydrogen-bond donors (Lipinski definition) is 0. The number of carboxylic acid groups (broad SMARTS) is 1. The van der Waals surface area contributed by atoms with Crippen molar-refractivity contribution in [3.63, 3.8) is 0 Å². The van der Waals surface area contributed by atoms with Gasteiger partial charge in [-0.1, -0.05) is 177 Å². The Morgan fingerprint density at radius 3 is 1.39 bits per heavy atom. The number of nitrogens with zero attached hydrogens (tertiary/aromatic N) is 1. The first-order valence-electron chi connectivity index (χ1n) is 24.1. The average Bonchev–Trinajstić information content (AvgIpc) is 3.22. The predicted molar refractivity (Wildman–Crippen MR) is 251 cm³/mol. The van der Waals surface area contributed by atoms with Crippen LogP contribution >= 0.6 is 0 Å². The second-order valence-corrected chi connectivity index (χ2v) is 17.0. The van der Waals surface area contributed by atoms with Crippen molar-refractivity contribution in [1.29, 1.82) is 0 Å². The minimum atomic E-state index is -1.63. The molecule has 0 spiro atoms. The molecule has 0 aromatic rings. The van der Waals surface area contributed by atoms with Gasteiger partial charge >= 0.3 is 11.9 Å². The summed E-state index contributed by atoms with van der Waals surface area (Å²) in [6.07, 6.45) is 50.8. The monoisotopic (exact) mass is 856 g/mol. The molecule has 2 unspecified atom stereocenters. The summed E-state index contributed by atoms with van der Waals surface area (Å²) < 4.78 is 22.5. The fourth-order valence-corrected chi connectivity index (χ4v) is 6.24. The van der Waals surface area contributed by atoms with Gasteiger partial charge in [0.05, 0.1) is 40.3 Å². The first-order valence-corrected chi connectivity index (χ1v) is 24.1. The normalized spacial score (nSPS) is 13.5. The van der Waals surface area contributed by atoms with Gasteiger partial charge in [0, 0.05) is 12.8 Å². The van der Waals surface area contributed by atoms with Crippen molar-refractivity contribution in [1.82, 2.24) is 0 Å². The highest BCUT2D eigenvalue weighted by Crippen LogP contribution is 2.14. The third kappa shape index (κ3) is 44.6. The van der Waals surface area contributed by atoms with Crippen LogP contribution in [0.5, 0.6) is 0 Å². The smallest absolute Gasteiger partial charge is 0.306 e. The van der Waals surface area contributed by atoms with Crippen LogP contribution in [0.1, 0.15) is 181 Å². The quantitative estimate of drug-likeness (QED) is 0.0196. The van der Waals surface area contributed by atoms with Crippen molar-refractivity contribution in [3.05, 3.63) is 72.9 Å². The largest absolute Gasteiger partial charge is 0.545 e. The van der Waals surface area contributed by atoms with E-state index in [1.54, 1.807) is 0 Å². The molecular weight excluding hydrogens is 767 g/mol. The van der Waals surface area contributed by atoms with Crippen molar-refractivity contribution < 1.29 is 42.9 Å². The summed E-state index contributed by atoms with van der Waals surface area (Å²) >= 11 is 0. The SMILES string of the molecule is CC/C=C\C/C=C\C/C=C\C/C=C\C/C=C\C/C=C\CCCCC(=O)OC(COC(=O)CCCCCCCCCCCCCCCCC)COC(OCC[N+](C)(C)C)C(=O)[O-]. The minimum Gasteiger partial charge on any atom is -0.545 e. The van der Waals surface area contributed by atoms with E-state index in [1.165, 1.54) is 77.0 Å². The Morgan fingerprint density at radius 1 is 0.508 bits per heavy atom. The van der Waals surface area contributed by atoms with E-state index in [2.05, 4.69) is 86.8 Å². The van der Waals surface area contributed by atoms with Crippen LogP contribution in [0.4, 0.5) is 0 Å². The molecule has 0 radical (unpaired) electrons. The second kappa shape index (κ2) is 43.4. The molecule has 0 saturated carbocycles. The zero-order valence-corrected chi connectivity index (χ0v) is 39.5. The summed E-state index contributed by atoms with van der Waals surface area (Å²) in [6.45, 7) is 4.57. The number of carbonyl (C=O) groups excluding carboxylic acids is 3. The minimum absolute atomic E-state index is 0.137. The third-order valence-corrected chi connectivity index (χ3v) is 9.97. The number of quaternary nitrogens is 1. The Hall–Kier alpha value is -3.27. The number of esters is 2. The molecule has 0 aromatic carbocycles. The molecule has 2 atom stereocenters. The van der Waals surface area contributed by atoms with Crippen molar-refractivity contribution in [3.8, 4) is 0 Å².